The minimum Gasteiger partial charge on any atom is -0.462 e. The van der Waals surface area contributed by atoms with Crippen molar-refractivity contribution in [3.05, 3.63) is 32.6 Å². The first-order chi connectivity index (χ1) is 12.4. The number of piperidine rings is 1. The molecule has 9 heteroatoms. The second-order valence-electron chi connectivity index (χ2n) is 7.41. The predicted molar refractivity (Wildman–Crippen MR) is 94.0 cm³/mol. The van der Waals surface area contributed by atoms with Crippen molar-refractivity contribution in [3.8, 4) is 0 Å². The van der Waals surface area contributed by atoms with Crippen LogP contribution in [0.2, 0.25) is 0 Å². The number of carbonyl (C=O) groups excluding carboxylic acids is 1. The minimum absolute atomic E-state index is 0.0404. The van der Waals surface area contributed by atoms with Gasteiger partial charge in [0.1, 0.15) is 6.10 Å². The van der Waals surface area contributed by atoms with E-state index in [-0.39, 0.29) is 36.1 Å². The zero-order chi connectivity index (χ0) is 18.4. The maximum atomic E-state index is 11.5. The fourth-order valence-electron chi connectivity index (χ4n) is 4.51. The number of ether oxygens (including phenoxy) is 1. The van der Waals surface area contributed by atoms with Crippen LogP contribution in [0.1, 0.15) is 32.4 Å². The van der Waals surface area contributed by atoms with Crippen molar-refractivity contribution in [1.29, 1.82) is 0 Å². The Balaban J connectivity index is 1.57. The molecule has 0 spiro atoms. The minimum atomic E-state index is -0.502. The molecule has 0 bridgehead atoms. The molecule has 140 valence electrons. The maximum absolute atomic E-state index is 11.5. The molecule has 4 heterocycles. The number of aromatic amines is 2. The third-order valence-electron chi connectivity index (χ3n) is 5.60. The predicted octanol–water partition coefficient (Wildman–Crippen LogP) is -0.652. The summed E-state index contributed by atoms with van der Waals surface area (Å²) in [4.78, 5) is 46.4. The molecule has 3 N–H and O–H groups in total. The van der Waals surface area contributed by atoms with Gasteiger partial charge in [-0.2, -0.15) is 0 Å². The fourth-order valence-corrected chi connectivity index (χ4v) is 4.51. The molecule has 2 fully saturated rings. The number of esters is 1. The number of nitrogens with one attached hydrogen (secondary N) is 3. The molecule has 1 aromatic rings. The van der Waals surface area contributed by atoms with Gasteiger partial charge in [0.15, 0.2) is 5.96 Å². The maximum Gasteiger partial charge on any atom is 0.325 e. The van der Waals surface area contributed by atoms with Crippen LogP contribution in [0.15, 0.2) is 20.6 Å². The number of H-pyrrole nitrogens is 2. The number of aromatic nitrogens is 2. The van der Waals surface area contributed by atoms with Gasteiger partial charge in [0.05, 0.1) is 12.1 Å². The van der Waals surface area contributed by atoms with E-state index in [2.05, 4.69) is 27.1 Å². The largest absolute Gasteiger partial charge is 0.462 e. The van der Waals surface area contributed by atoms with E-state index in [1.54, 1.807) is 0 Å². The molecule has 0 saturated carbocycles. The Kier molecular flexibility index (Phi) is 4.08. The Morgan fingerprint density at radius 3 is 2.88 bits per heavy atom. The molecule has 0 aliphatic carbocycles. The van der Waals surface area contributed by atoms with Crippen LogP contribution in [-0.2, 0) is 16.0 Å². The first-order valence-corrected chi connectivity index (χ1v) is 9.00. The van der Waals surface area contributed by atoms with Crippen LogP contribution in [0.5, 0.6) is 0 Å². The van der Waals surface area contributed by atoms with Crippen molar-refractivity contribution in [2.45, 2.75) is 57.3 Å². The van der Waals surface area contributed by atoms with Gasteiger partial charge in [-0.3, -0.25) is 14.6 Å². The highest BCUT2D eigenvalue weighted by Crippen LogP contribution is 2.37. The molecule has 1 aromatic heterocycles. The second kappa shape index (κ2) is 6.30. The molecule has 0 unspecified atom stereocenters. The Morgan fingerprint density at radius 2 is 2.15 bits per heavy atom. The first kappa shape index (κ1) is 16.9. The number of nitrogens with zero attached hydrogens (tertiary/aromatic N) is 2. The smallest absolute Gasteiger partial charge is 0.325 e. The van der Waals surface area contributed by atoms with Crippen LogP contribution in [-0.4, -0.2) is 57.6 Å². The van der Waals surface area contributed by atoms with Crippen LogP contribution in [0, 0.1) is 5.92 Å². The van der Waals surface area contributed by atoms with E-state index in [1.807, 2.05) is 0 Å². The molecule has 0 aromatic carbocycles. The number of guanidine groups is 1. The van der Waals surface area contributed by atoms with Crippen molar-refractivity contribution in [2.75, 3.05) is 6.54 Å². The molecule has 3 aliphatic rings. The molecule has 0 amide bonds. The summed E-state index contributed by atoms with van der Waals surface area (Å²) in [5.74, 6) is 0.857. The molecule has 2 saturated heterocycles. The van der Waals surface area contributed by atoms with Crippen LogP contribution < -0.4 is 16.6 Å². The molecule has 9 nitrogen and oxygen atoms in total. The highest BCUT2D eigenvalue weighted by molar-refractivity contribution is 5.84. The second-order valence-corrected chi connectivity index (χ2v) is 7.41. The van der Waals surface area contributed by atoms with Gasteiger partial charge in [-0.25, -0.2) is 9.79 Å². The van der Waals surface area contributed by atoms with E-state index >= 15 is 0 Å². The average molecular weight is 361 g/mol. The van der Waals surface area contributed by atoms with Gasteiger partial charge < -0.3 is 19.9 Å². The van der Waals surface area contributed by atoms with Gasteiger partial charge >= 0.3 is 11.7 Å². The molecular weight excluding hydrogens is 338 g/mol. The number of hydrogen-bond donors (Lipinski definition) is 3. The zero-order valence-corrected chi connectivity index (χ0v) is 14.8. The summed E-state index contributed by atoms with van der Waals surface area (Å²) in [6, 6.07) is 1.85. The SMILES string of the molecule is CC(=O)O[C@H]1C[C@@H]2C[C@H](Cc3cc(=O)[nH]c(=O)[nH]3)N=C3NC[C@H]([C@H]1C)N32. The van der Waals surface area contributed by atoms with E-state index in [9.17, 15) is 14.4 Å². The molecule has 4 rings (SSSR count). The summed E-state index contributed by atoms with van der Waals surface area (Å²) < 4.78 is 5.56. The van der Waals surface area contributed by atoms with E-state index < -0.39 is 11.2 Å². The summed E-state index contributed by atoms with van der Waals surface area (Å²) >= 11 is 0. The number of rotatable bonds is 3. The Hall–Kier alpha value is -2.58. The summed E-state index contributed by atoms with van der Waals surface area (Å²) in [7, 11) is 0. The van der Waals surface area contributed by atoms with Crippen LogP contribution >= 0.6 is 0 Å². The zero-order valence-electron chi connectivity index (χ0n) is 14.8. The van der Waals surface area contributed by atoms with Crippen molar-refractivity contribution in [3.63, 3.8) is 0 Å². The summed E-state index contributed by atoms with van der Waals surface area (Å²) in [6.07, 6.45) is 1.95. The van der Waals surface area contributed by atoms with Crippen LogP contribution in [0.4, 0.5) is 0 Å². The van der Waals surface area contributed by atoms with E-state index in [0.29, 0.717) is 12.1 Å². The van der Waals surface area contributed by atoms with Crippen molar-refractivity contribution in [2.24, 2.45) is 10.9 Å². The summed E-state index contributed by atoms with van der Waals surface area (Å²) in [6.45, 7) is 4.35. The van der Waals surface area contributed by atoms with Gasteiger partial charge in [-0.15, -0.1) is 0 Å². The lowest BCUT2D eigenvalue weighted by Gasteiger charge is -2.47. The first-order valence-electron chi connectivity index (χ1n) is 9.00. The monoisotopic (exact) mass is 361 g/mol. The average Bonchev–Trinajstić information content (AvgIpc) is 2.95. The molecule has 3 aliphatic heterocycles. The molecule has 0 radical (unpaired) electrons. The van der Waals surface area contributed by atoms with E-state index in [1.165, 1.54) is 13.0 Å². The van der Waals surface area contributed by atoms with Gasteiger partial charge in [-0.05, 0) is 6.42 Å². The third-order valence-corrected chi connectivity index (χ3v) is 5.60. The van der Waals surface area contributed by atoms with Crippen LogP contribution in [0.3, 0.4) is 0 Å². The Morgan fingerprint density at radius 1 is 1.35 bits per heavy atom. The molecule has 26 heavy (non-hydrogen) atoms. The lowest BCUT2D eigenvalue weighted by molar-refractivity contribution is -0.154. The summed E-state index contributed by atoms with van der Waals surface area (Å²) in [5.41, 5.74) is -0.329. The quantitative estimate of drug-likeness (QED) is 0.616. The highest BCUT2D eigenvalue weighted by Gasteiger charge is 2.49. The van der Waals surface area contributed by atoms with Gasteiger partial charge in [0.25, 0.3) is 5.56 Å². The van der Waals surface area contributed by atoms with E-state index in [0.717, 1.165) is 25.3 Å². The van der Waals surface area contributed by atoms with Crippen LogP contribution in [0.25, 0.3) is 0 Å². The fraction of sp³-hybridized carbons (Fsp3) is 0.647. The topological polar surface area (TPSA) is 120 Å². The number of hydrogen-bond acceptors (Lipinski definition) is 7. The van der Waals surface area contributed by atoms with Gasteiger partial charge in [-0.1, -0.05) is 6.92 Å². The van der Waals surface area contributed by atoms with Crippen molar-refractivity contribution >= 4 is 11.9 Å². The normalized spacial score (nSPS) is 32.5. The van der Waals surface area contributed by atoms with Crippen molar-refractivity contribution in [1.82, 2.24) is 20.2 Å². The van der Waals surface area contributed by atoms with Gasteiger partial charge in [0.2, 0.25) is 0 Å². The lowest BCUT2D eigenvalue weighted by atomic mass is 9.82. The Labute approximate surface area is 149 Å². The number of aliphatic imine (C=N–C) groups is 1. The number of carbonyl (C=O) groups is 1. The lowest BCUT2D eigenvalue weighted by Crippen LogP contribution is -2.58. The summed E-state index contributed by atoms with van der Waals surface area (Å²) in [5, 5.41) is 3.37. The Bertz CT molecular complexity index is 831. The highest BCUT2D eigenvalue weighted by atomic mass is 16.5. The van der Waals surface area contributed by atoms with E-state index in [4.69, 9.17) is 9.73 Å². The van der Waals surface area contributed by atoms with Gasteiger partial charge in [0, 0.05) is 50.0 Å². The third kappa shape index (κ3) is 3.02. The molecule has 5 atom stereocenters. The molecular formula is C17H23N5O4. The standard InChI is InChI=1S/C17H23N5O4/c1-8-13-7-18-16-19-10(3-11-5-15(24)21-17(25)20-11)4-12(22(13)16)6-14(8)26-9(2)23/h5,8,10,12-14H,3-4,6-7H2,1-2H3,(H,18,19)(H2,20,21,24,25)/t8-,10+,12+,13-,14+/m1/s1. The van der Waals surface area contributed by atoms with Crippen molar-refractivity contribution < 1.29 is 9.53 Å².